The van der Waals surface area contributed by atoms with Gasteiger partial charge in [0, 0.05) is 20.0 Å². The van der Waals surface area contributed by atoms with Crippen molar-refractivity contribution in [1.29, 1.82) is 0 Å². The van der Waals surface area contributed by atoms with E-state index in [2.05, 4.69) is 64.0 Å². The molecule has 18 heavy (non-hydrogen) atoms. The van der Waals surface area contributed by atoms with Gasteiger partial charge < -0.3 is 0 Å². The van der Waals surface area contributed by atoms with Crippen molar-refractivity contribution in [3.05, 3.63) is 50.6 Å². The van der Waals surface area contributed by atoms with Gasteiger partial charge >= 0.3 is 0 Å². The highest BCUT2D eigenvalue weighted by molar-refractivity contribution is 9.10. The van der Waals surface area contributed by atoms with E-state index in [4.69, 9.17) is 5.84 Å². The van der Waals surface area contributed by atoms with Crippen LogP contribution in [0, 0.1) is 6.92 Å². The van der Waals surface area contributed by atoms with Gasteiger partial charge in [-0.1, -0.05) is 18.2 Å². The molecule has 0 radical (unpaired) electrons. The Morgan fingerprint density at radius 2 is 2.17 bits per heavy atom. The topological polar surface area (TPSA) is 38.0 Å². The largest absolute Gasteiger partial charge is 0.271 e. The number of thiophene rings is 1. The first-order valence-electron chi connectivity index (χ1n) is 5.60. The molecule has 5 heteroatoms. The third-order valence-corrected chi connectivity index (χ3v) is 5.92. The van der Waals surface area contributed by atoms with Crippen molar-refractivity contribution in [1.82, 2.24) is 5.43 Å². The smallest absolute Gasteiger partial charge is 0.0658 e. The summed E-state index contributed by atoms with van der Waals surface area (Å²) >= 11 is 7.10. The number of hydrogen-bond donors (Lipinski definition) is 2. The highest BCUT2D eigenvalue weighted by atomic mass is 79.9. The molecule has 1 heterocycles. The van der Waals surface area contributed by atoms with E-state index in [-0.39, 0.29) is 6.04 Å². The van der Waals surface area contributed by atoms with Gasteiger partial charge in [0.1, 0.15) is 0 Å². The number of aryl methyl sites for hydroxylation is 1. The monoisotopic (exact) mass is 342 g/mol. The van der Waals surface area contributed by atoms with Crippen LogP contribution in [-0.2, 0) is 0 Å². The van der Waals surface area contributed by atoms with E-state index in [9.17, 15) is 0 Å². The van der Waals surface area contributed by atoms with Crippen LogP contribution in [0.5, 0.6) is 0 Å². The second-order valence-corrected chi connectivity index (χ2v) is 6.79. The van der Waals surface area contributed by atoms with Gasteiger partial charge in [-0.25, -0.2) is 0 Å². The van der Waals surface area contributed by atoms with E-state index in [0.29, 0.717) is 0 Å². The quantitative estimate of drug-likeness (QED) is 0.487. The van der Waals surface area contributed by atoms with Gasteiger partial charge in [-0.15, -0.1) is 23.1 Å². The minimum Gasteiger partial charge on any atom is -0.271 e. The normalized spacial score (nSPS) is 12.6. The Hall–Kier alpha value is -0.330. The molecule has 0 saturated carbocycles. The molecule has 1 unspecified atom stereocenters. The summed E-state index contributed by atoms with van der Waals surface area (Å²) in [5.74, 6) is 6.57. The lowest BCUT2D eigenvalue weighted by atomic mass is 10.2. The van der Waals surface area contributed by atoms with Crippen LogP contribution in [0.3, 0.4) is 0 Å². The van der Waals surface area contributed by atoms with Gasteiger partial charge in [-0.3, -0.25) is 11.3 Å². The maximum Gasteiger partial charge on any atom is 0.0658 e. The summed E-state index contributed by atoms with van der Waals surface area (Å²) in [5.41, 5.74) is 4.20. The Labute approximate surface area is 124 Å². The fourth-order valence-corrected chi connectivity index (χ4v) is 4.54. The van der Waals surface area contributed by atoms with E-state index in [1.807, 2.05) is 11.8 Å². The molecule has 3 N–H and O–H groups in total. The van der Waals surface area contributed by atoms with E-state index in [1.165, 1.54) is 15.3 Å². The van der Waals surface area contributed by atoms with Crippen molar-refractivity contribution in [2.75, 3.05) is 5.75 Å². The molecule has 0 saturated heterocycles. The van der Waals surface area contributed by atoms with Crippen molar-refractivity contribution in [3.8, 4) is 0 Å². The summed E-state index contributed by atoms with van der Waals surface area (Å²) in [6, 6.07) is 10.6. The number of nitrogens with two attached hydrogens (primary N) is 1. The Morgan fingerprint density at radius 1 is 1.39 bits per heavy atom. The summed E-state index contributed by atoms with van der Waals surface area (Å²) in [6.45, 7) is 2.13. The molecule has 1 aromatic carbocycles. The maximum atomic E-state index is 5.66. The number of hydrogen-bond acceptors (Lipinski definition) is 4. The van der Waals surface area contributed by atoms with Crippen molar-refractivity contribution in [2.24, 2.45) is 5.84 Å². The van der Waals surface area contributed by atoms with Crippen LogP contribution < -0.4 is 11.3 Å². The maximum absolute atomic E-state index is 5.66. The minimum atomic E-state index is 0.170. The lowest BCUT2D eigenvalue weighted by molar-refractivity contribution is 0.618. The molecule has 0 aliphatic carbocycles. The zero-order valence-corrected chi connectivity index (χ0v) is 13.2. The first-order valence-corrected chi connectivity index (χ1v) is 8.25. The van der Waals surface area contributed by atoms with Crippen LogP contribution >= 0.6 is 39.0 Å². The second kappa shape index (κ2) is 6.73. The van der Waals surface area contributed by atoms with Gasteiger partial charge in [0.25, 0.3) is 0 Å². The molecule has 1 aromatic heterocycles. The molecule has 0 spiro atoms. The van der Waals surface area contributed by atoms with Crippen LogP contribution in [-0.4, -0.2) is 5.75 Å². The first kappa shape index (κ1) is 14.1. The van der Waals surface area contributed by atoms with E-state index < -0.39 is 0 Å². The van der Waals surface area contributed by atoms with Crippen molar-refractivity contribution in [2.45, 2.75) is 17.9 Å². The van der Waals surface area contributed by atoms with Crippen LogP contribution in [0.4, 0.5) is 0 Å². The molecule has 0 aliphatic heterocycles. The molecule has 0 amide bonds. The number of halogens is 1. The van der Waals surface area contributed by atoms with Gasteiger partial charge in [-0.2, -0.15) is 0 Å². The zero-order valence-electron chi connectivity index (χ0n) is 10.0. The standard InChI is InChI=1S/C13H15BrN2S2/c1-9-4-2-3-5-12(9)18-8-11(16-15)13-10(14)6-7-17-13/h2-7,11,16H,8,15H2,1H3. The molecule has 96 valence electrons. The fourth-order valence-electron chi connectivity index (χ4n) is 1.65. The predicted molar refractivity (Wildman–Crippen MR) is 84.0 cm³/mol. The minimum absolute atomic E-state index is 0.170. The third kappa shape index (κ3) is 3.36. The summed E-state index contributed by atoms with van der Waals surface area (Å²) in [5, 5.41) is 2.07. The van der Waals surface area contributed by atoms with Gasteiger partial charge in [0.15, 0.2) is 0 Å². The number of nitrogens with one attached hydrogen (secondary N) is 1. The lowest BCUT2D eigenvalue weighted by Crippen LogP contribution is -2.29. The van der Waals surface area contributed by atoms with Crippen molar-refractivity contribution < 1.29 is 0 Å². The number of hydrazine groups is 1. The first-order chi connectivity index (χ1) is 8.72. The number of thioether (sulfide) groups is 1. The Morgan fingerprint density at radius 3 is 2.78 bits per heavy atom. The zero-order chi connectivity index (χ0) is 13.0. The average Bonchev–Trinajstić information content (AvgIpc) is 2.79. The second-order valence-electron chi connectivity index (χ2n) is 3.93. The van der Waals surface area contributed by atoms with E-state index in [1.54, 1.807) is 11.3 Å². The van der Waals surface area contributed by atoms with E-state index >= 15 is 0 Å². The Kier molecular flexibility index (Phi) is 5.26. The molecular weight excluding hydrogens is 328 g/mol. The SMILES string of the molecule is Cc1ccccc1SCC(NN)c1sccc1Br. The molecule has 0 aliphatic rings. The molecular formula is C13H15BrN2S2. The van der Waals surface area contributed by atoms with Crippen LogP contribution in [0.2, 0.25) is 0 Å². The fraction of sp³-hybridized carbons (Fsp3) is 0.231. The number of benzene rings is 1. The van der Waals surface area contributed by atoms with Gasteiger partial charge in [-0.05, 0) is 45.9 Å². The molecule has 0 fully saturated rings. The molecule has 2 nitrogen and oxygen atoms in total. The highest BCUT2D eigenvalue weighted by Crippen LogP contribution is 2.33. The van der Waals surface area contributed by atoms with Gasteiger partial charge in [0.2, 0.25) is 0 Å². The highest BCUT2D eigenvalue weighted by Gasteiger charge is 2.15. The molecule has 0 bridgehead atoms. The summed E-state index contributed by atoms with van der Waals surface area (Å²) < 4.78 is 1.13. The molecule has 1 atom stereocenters. The summed E-state index contributed by atoms with van der Waals surface area (Å²) in [6.07, 6.45) is 0. The van der Waals surface area contributed by atoms with Crippen molar-refractivity contribution >= 4 is 39.0 Å². The average molecular weight is 343 g/mol. The van der Waals surface area contributed by atoms with Crippen molar-refractivity contribution in [3.63, 3.8) is 0 Å². The lowest BCUT2D eigenvalue weighted by Gasteiger charge is -2.15. The number of rotatable bonds is 5. The van der Waals surface area contributed by atoms with Crippen LogP contribution in [0.25, 0.3) is 0 Å². The van der Waals surface area contributed by atoms with Gasteiger partial charge in [0.05, 0.1) is 6.04 Å². The van der Waals surface area contributed by atoms with E-state index in [0.717, 1.165) is 10.2 Å². The Bertz CT molecular complexity index is 513. The molecule has 2 rings (SSSR count). The predicted octanol–water partition coefficient (Wildman–Crippen LogP) is 4.12. The van der Waals surface area contributed by atoms with Crippen LogP contribution in [0.1, 0.15) is 16.5 Å². The summed E-state index contributed by atoms with van der Waals surface area (Å²) in [4.78, 5) is 2.56. The summed E-state index contributed by atoms with van der Waals surface area (Å²) in [7, 11) is 0. The Balaban J connectivity index is 2.05. The molecule has 2 aromatic rings. The van der Waals surface area contributed by atoms with Crippen LogP contribution in [0.15, 0.2) is 45.1 Å². The third-order valence-electron chi connectivity index (χ3n) is 2.66.